The number of carbonyl (C=O) groups excluding carboxylic acids is 2. The third-order valence-corrected chi connectivity index (χ3v) is 4.85. The summed E-state index contributed by atoms with van der Waals surface area (Å²) in [4.78, 5) is 23.5. The van der Waals surface area contributed by atoms with Gasteiger partial charge in [-0.1, -0.05) is 13.0 Å². The lowest BCUT2D eigenvalue weighted by Gasteiger charge is -2.11. The van der Waals surface area contributed by atoms with Crippen molar-refractivity contribution in [3.63, 3.8) is 0 Å². The average Bonchev–Trinajstić information content (AvgIpc) is 2.82. The first-order valence-corrected chi connectivity index (χ1v) is 11.1. The summed E-state index contributed by atoms with van der Waals surface area (Å²) in [5.41, 5.74) is 5.35. The predicted molar refractivity (Wildman–Crippen MR) is 137 cm³/mol. The normalized spacial score (nSPS) is 10.2. The standard InChI is InChI=1S/C27H30N4O2/c1-3-5-7-27(33)31-25-18-14-23(15-19-25)29-21-10-8-20(9-11-21)28-22-12-16-24(17-13-22)30-26(32)6-4-2/h3,8-19,28-29H,1,4-7H2,2H3,(H,30,32)(H,31,33). The molecule has 3 aromatic carbocycles. The van der Waals surface area contributed by atoms with Crippen molar-refractivity contribution in [1.29, 1.82) is 0 Å². The molecule has 0 fully saturated rings. The molecular weight excluding hydrogens is 412 g/mol. The Morgan fingerprint density at radius 3 is 1.30 bits per heavy atom. The Morgan fingerprint density at radius 1 is 0.636 bits per heavy atom. The van der Waals surface area contributed by atoms with Gasteiger partial charge in [0.1, 0.15) is 0 Å². The third kappa shape index (κ3) is 7.85. The molecule has 3 aromatic rings. The van der Waals surface area contributed by atoms with Crippen LogP contribution in [0.4, 0.5) is 34.1 Å². The highest BCUT2D eigenvalue weighted by molar-refractivity contribution is 5.91. The topological polar surface area (TPSA) is 82.3 Å². The van der Waals surface area contributed by atoms with Crippen LogP contribution in [0.25, 0.3) is 0 Å². The molecule has 0 bridgehead atoms. The molecule has 170 valence electrons. The van der Waals surface area contributed by atoms with Gasteiger partial charge in [-0.15, -0.1) is 6.58 Å². The van der Waals surface area contributed by atoms with Crippen molar-refractivity contribution in [2.75, 3.05) is 21.3 Å². The number of anilines is 6. The molecule has 0 radical (unpaired) electrons. The molecule has 0 saturated carbocycles. The van der Waals surface area contributed by atoms with E-state index < -0.39 is 0 Å². The van der Waals surface area contributed by atoms with Crippen molar-refractivity contribution in [2.24, 2.45) is 0 Å². The van der Waals surface area contributed by atoms with Gasteiger partial charge in [0.2, 0.25) is 11.8 Å². The first kappa shape index (κ1) is 23.6. The van der Waals surface area contributed by atoms with E-state index in [2.05, 4.69) is 27.8 Å². The molecule has 0 unspecified atom stereocenters. The molecule has 33 heavy (non-hydrogen) atoms. The molecular formula is C27H30N4O2. The Balaban J connectivity index is 1.51. The van der Waals surface area contributed by atoms with Crippen LogP contribution in [0.15, 0.2) is 85.5 Å². The van der Waals surface area contributed by atoms with E-state index in [0.29, 0.717) is 19.3 Å². The predicted octanol–water partition coefficient (Wildman–Crippen LogP) is 6.82. The van der Waals surface area contributed by atoms with Gasteiger partial charge in [-0.3, -0.25) is 9.59 Å². The highest BCUT2D eigenvalue weighted by atomic mass is 16.2. The number of carbonyl (C=O) groups is 2. The van der Waals surface area contributed by atoms with Crippen LogP contribution in [0.3, 0.4) is 0 Å². The number of benzene rings is 3. The zero-order valence-electron chi connectivity index (χ0n) is 18.9. The van der Waals surface area contributed by atoms with Crippen LogP contribution in [0.2, 0.25) is 0 Å². The molecule has 4 N–H and O–H groups in total. The number of amides is 2. The van der Waals surface area contributed by atoms with Crippen molar-refractivity contribution < 1.29 is 9.59 Å². The number of rotatable bonds is 11. The molecule has 6 heteroatoms. The molecule has 6 nitrogen and oxygen atoms in total. The fraction of sp³-hybridized carbons (Fsp3) is 0.185. The number of hydrogen-bond donors (Lipinski definition) is 4. The van der Waals surface area contributed by atoms with E-state index in [0.717, 1.165) is 40.5 Å². The maximum absolute atomic E-state index is 11.8. The van der Waals surface area contributed by atoms with Crippen LogP contribution in [0.1, 0.15) is 32.6 Å². The van der Waals surface area contributed by atoms with Crippen LogP contribution in [0, 0.1) is 0 Å². The number of nitrogens with one attached hydrogen (secondary N) is 4. The smallest absolute Gasteiger partial charge is 0.224 e. The van der Waals surface area contributed by atoms with Crippen LogP contribution in [-0.2, 0) is 9.59 Å². The highest BCUT2D eigenvalue weighted by Crippen LogP contribution is 2.23. The van der Waals surface area contributed by atoms with E-state index in [4.69, 9.17) is 0 Å². The minimum atomic E-state index is -0.0189. The van der Waals surface area contributed by atoms with Crippen LogP contribution < -0.4 is 21.3 Å². The lowest BCUT2D eigenvalue weighted by atomic mass is 10.2. The van der Waals surface area contributed by atoms with Gasteiger partial charge < -0.3 is 21.3 Å². The second-order valence-electron chi connectivity index (χ2n) is 7.66. The van der Waals surface area contributed by atoms with E-state index in [1.54, 1.807) is 6.08 Å². The van der Waals surface area contributed by atoms with E-state index in [-0.39, 0.29) is 11.8 Å². The summed E-state index contributed by atoms with van der Waals surface area (Å²) >= 11 is 0. The Kier molecular flexibility index (Phi) is 8.65. The number of allylic oxidation sites excluding steroid dienone is 1. The van der Waals surface area contributed by atoms with E-state index in [1.165, 1.54) is 0 Å². The first-order valence-electron chi connectivity index (χ1n) is 11.1. The Labute approximate surface area is 195 Å². The van der Waals surface area contributed by atoms with Crippen molar-refractivity contribution in [3.8, 4) is 0 Å². The van der Waals surface area contributed by atoms with E-state index >= 15 is 0 Å². The molecule has 2 amide bonds. The number of hydrogen-bond acceptors (Lipinski definition) is 4. The van der Waals surface area contributed by atoms with Crippen LogP contribution in [-0.4, -0.2) is 11.8 Å². The van der Waals surface area contributed by atoms with Gasteiger partial charge in [-0.05, 0) is 85.6 Å². The highest BCUT2D eigenvalue weighted by Gasteiger charge is 2.03. The van der Waals surface area contributed by atoms with Crippen molar-refractivity contribution in [2.45, 2.75) is 32.6 Å². The summed E-state index contributed by atoms with van der Waals surface area (Å²) in [6, 6.07) is 23.2. The maximum atomic E-state index is 11.8. The SMILES string of the molecule is C=CCCC(=O)Nc1ccc(Nc2ccc(Nc3ccc(NC(=O)CCC)cc3)cc2)cc1. The van der Waals surface area contributed by atoms with Gasteiger partial charge in [-0.25, -0.2) is 0 Å². The fourth-order valence-corrected chi connectivity index (χ4v) is 3.15. The molecule has 0 aliphatic carbocycles. The van der Waals surface area contributed by atoms with Crippen LogP contribution in [0.5, 0.6) is 0 Å². The van der Waals surface area contributed by atoms with Crippen molar-refractivity contribution in [1.82, 2.24) is 0 Å². The van der Waals surface area contributed by atoms with Gasteiger partial charge in [0.25, 0.3) is 0 Å². The largest absolute Gasteiger partial charge is 0.356 e. The van der Waals surface area contributed by atoms with Gasteiger partial charge in [0, 0.05) is 47.0 Å². The summed E-state index contributed by atoms with van der Waals surface area (Å²) in [5, 5.41) is 12.5. The second kappa shape index (κ2) is 12.1. The minimum Gasteiger partial charge on any atom is -0.356 e. The Bertz CT molecular complexity index is 1060. The molecule has 0 spiro atoms. The Hall–Kier alpha value is -4.06. The van der Waals surface area contributed by atoms with Crippen LogP contribution >= 0.6 is 0 Å². The first-order chi connectivity index (χ1) is 16.1. The van der Waals surface area contributed by atoms with E-state index in [1.807, 2.05) is 79.7 Å². The molecule has 0 saturated heterocycles. The minimum absolute atomic E-state index is 0.0189. The third-order valence-electron chi connectivity index (χ3n) is 4.85. The molecule has 0 aliphatic heterocycles. The van der Waals surface area contributed by atoms with Crippen molar-refractivity contribution in [3.05, 3.63) is 85.5 Å². The van der Waals surface area contributed by atoms with Gasteiger partial charge in [-0.2, -0.15) is 0 Å². The zero-order chi connectivity index (χ0) is 23.5. The fourth-order valence-electron chi connectivity index (χ4n) is 3.15. The molecule has 0 heterocycles. The lowest BCUT2D eigenvalue weighted by Crippen LogP contribution is -2.10. The quantitative estimate of drug-likeness (QED) is 0.246. The average molecular weight is 443 g/mol. The van der Waals surface area contributed by atoms with E-state index in [9.17, 15) is 9.59 Å². The summed E-state index contributed by atoms with van der Waals surface area (Å²) in [7, 11) is 0. The van der Waals surface area contributed by atoms with Crippen molar-refractivity contribution >= 4 is 45.9 Å². The van der Waals surface area contributed by atoms with Gasteiger partial charge >= 0.3 is 0 Å². The van der Waals surface area contributed by atoms with Gasteiger partial charge in [0.05, 0.1) is 0 Å². The molecule has 3 rings (SSSR count). The molecule has 0 aromatic heterocycles. The second-order valence-corrected chi connectivity index (χ2v) is 7.66. The molecule has 0 atom stereocenters. The Morgan fingerprint density at radius 2 is 0.970 bits per heavy atom. The summed E-state index contributed by atoms with van der Waals surface area (Å²) in [6.45, 7) is 5.61. The zero-order valence-corrected chi connectivity index (χ0v) is 18.9. The monoisotopic (exact) mass is 442 g/mol. The summed E-state index contributed by atoms with van der Waals surface area (Å²) < 4.78 is 0. The van der Waals surface area contributed by atoms with Gasteiger partial charge in [0.15, 0.2) is 0 Å². The summed E-state index contributed by atoms with van der Waals surface area (Å²) in [6.07, 6.45) is 4.19. The lowest BCUT2D eigenvalue weighted by molar-refractivity contribution is -0.117. The summed E-state index contributed by atoms with van der Waals surface area (Å²) in [5.74, 6) is 0.0128. The maximum Gasteiger partial charge on any atom is 0.224 e. The molecule has 0 aliphatic rings.